The molecule has 0 amide bonds. The summed E-state index contributed by atoms with van der Waals surface area (Å²) in [6, 6.07) is 5.83. The van der Waals surface area contributed by atoms with Gasteiger partial charge in [0.25, 0.3) is 0 Å². The fraction of sp³-hybridized carbons (Fsp3) is 0.429. The van der Waals surface area contributed by atoms with Gasteiger partial charge in [-0.3, -0.25) is 0 Å². The summed E-state index contributed by atoms with van der Waals surface area (Å²) in [5.74, 6) is 7.95. The van der Waals surface area contributed by atoms with Gasteiger partial charge in [-0.1, -0.05) is 31.6 Å². The maximum atomic E-state index is 5.29. The molecule has 0 saturated heterocycles. The Morgan fingerprint density at radius 3 is 2.94 bits per heavy atom. The zero-order chi connectivity index (χ0) is 11.2. The number of ether oxygens (including phenoxy) is 2. The predicted molar refractivity (Wildman–Crippen MR) is 63.6 cm³/mol. The van der Waals surface area contributed by atoms with Crippen molar-refractivity contribution >= 4 is 0 Å². The first-order valence-electron chi connectivity index (χ1n) is 5.78. The third kappa shape index (κ3) is 2.70. The zero-order valence-corrected chi connectivity index (χ0v) is 9.58. The molecular formula is C14H16O2. The summed E-state index contributed by atoms with van der Waals surface area (Å²) in [7, 11) is 0. The van der Waals surface area contributed by atoms with Crippen molar-refractivity contribution in [3.63, 3.8) is 0 Å². The summed E-state index contributed by atoms with van der Waals surface area (Å²) in [6.07, 6.45) is 4.66. The van der Waals surface area contributed by atoms with E-state index in [9.17, 15) is 0 Å². The Morgan fingerprint density at radius 1 is 1.19 bits per heavy atom. The average molecular weight is 216 g/mol. The molecule has 0 aliphatic carbocycles. The second kappa shape index (κ2) is 5.46. The number of unbranched alkanes of at least 4 members (excludes halogenated alkanes) is 3. The summed E-state index contributed by atoms with van der Waals surface area (Å²) in [5.41, 5.74) is 1.00. The van der Waals surface area contributed by atoms with Gasteiger partial charge in [0.2, 0.25) is 6.79 Å². The molecule has 1 aliphatic rings. The van der Waals surface area contributed by atoms with Crippen molar-refractivity contribution in [3.8, 4) is 23.3 Å². The van der Waals surface area contributed by atoms with Crippen molar-refractivity contribution in [2.45, 2.75) is 32.6 Å². The number of benzene rings is 1. The first kappa shape index (κ1) is 10.9. The minimum atomic E-state index is 0.322. The van der Waals surface area contributed by atoms with Gasteiger partial charge in [0.1, 0.15) is 0 Å². The van der Waals surface area contributed by atoms with Crippen LogP contribution in [0.15, 0.2) is 18.2 Å². The van der Waals surface area contributed by atoms with Gasteiger partial charge < -0.3 is 9.47 Å². The molecule has 0 bridgehead atoms. The van der Waals surface area contributed by atoms with Crippen LogP contribution in [0.4, 0.5) is 0 Å². The molecule has 0 fully saturated rings. The average Bonchev–Trinajstić information content (AvgIpc) is 2.76. The normalized spacial score (nSPS) is 12.1. The quantitative estimate of drug-likeness (QED) is 0.570. The highest BCUT2D eigenvalue weighted by Crippen LogP contribution is 2.32. The minimum absolute atomic E-state index is 0.322. The van der Waals surface area contributed by atoms with Gasteiger partial charge in [-0.05, 0) is 24.6 Å². The van der Waals surface area contributed by atoms with E-state index < -0.39 is 0 Å². The second-order valence-electron chi connectivity index (χ2n) is 3.83. The zero-order valence-electron chi connectivity index (χ0n) is 9.58. The van der Waals surface area contributed by atoms with E-state index >= 15 is 0 Å². The van der Waals surface area contributed by atoms with Crippen molar-refractivity contribution in [2.75, 3.05) is 6.79 Å². The molecule has 1 heterocycles. The maximum absolute atomic E-state index is 5.29. The van der Waals surface area contributed by atoms with Crippen LogP contribution in [0.1, 0.15) is 38.2 Å². The molecule has 1 aromatic carbocycles. The lowest BCUT2D eigenvalue weighted by atomic mass is 10.1. The summed E-state index contributed by atoms with van der Waals surface area (Å²) in [4.78, 5) is 0. The Balaban J connectivity index is 1.94. The lowest BCUT2D eigenvalue weighted by Crippen LogP contribution is -1.92. The van der Waals surface area contributed by atoms with Crippen molar-refractivity contribution in [2.24, 2.45) is 0 Å². The fourth-order valence-electron chi connectivity index (χ4n) is 1.60. The first-order chi connectivity index (χ1) is 7.90. The topological polar surface area (TPSA) is 18.5 Å². The maximum Gasteiger partial charge on any atom is 0.231 e. The number of rotatable bonds is 3. The van der Waals surface area contributed by atoms with Crippen molar-refractivity contribution in [3.05, 3.63) is 23.8 Å². The molecule has 84 valence electrons. The van der Waals surface area contributed by atoms with E-state index in [4.69, 9.17) is 9.47 Å². The van der Waals surface area contributed by atoms with Crippen LogP contribution in [0.25, 0.3) is 0 Å². The van der Waals surface area contributed by atoms with Gasteiger partial charge in [0, 0.05) is 12.0 Å². The molecule has 2 rings (SSSR count). The van der Waals surface area contributed by atoms with E-state index in [1.165, 1.54) is 19.3 Å². The van der Waals surface area contributed by atoms with E-state index in [2.05, 4.69) is 18.8 Å². The van der Waals surface area contributed by atoms with Crippen LogP contribution in [0.2, 0.25) is 0 Å². The van der Waals surface area contributed by atoms with E-state index in [0.29, 0.717) is 6.79 Å². The highest BCUT2D eigenvalue weighted by atomic mass is 16.7. The Hall–Kier alpha value is -1.62. The Labute approximate surface area is 96.6 Å². The van der Waals surface area contributed by atoms with Gasteiger partial charge in [-0.15, -0.1) is 0 Å². The molecule has 0 aromatic heterocycles. The summed E-state index contributed by atoms with van der Waals surface area (Å²) in [6.45, 7) is 2.52. The molecule has 1 aromatic rings. The van der Waals surface area contributed by atoms with E-state index in [1.54, 1.807) is 0 Å². The standard InChI is InChI=1S/C14H16O2/c1-2-3-4-5-6-7-12-8-9-13-14(10-12)16-11-15-13/h8-10H,2-5,11H2,1H3. The monoisotopic (exact) mass is 216 g/mol. The van der Waals surface area contributed by atoms with Crippen molar-refractivity contribution in [1.29, 1.82) is 0 Å². The minimum Gasteiger partial charge on any atom is -0.454 e. The predicted octanol–water partition coefficient (Wildman–Crippen LogP) is 3.35. The van der Waals surface area contributed by atoms with Crippen LogP contribution in [-0.4, -0.2) is 6.79 Å². The van der Waals surface area contributed by atoms with E-state index in [1.807, 2.05) is 18.2 Å². The largest absolute Gasteiger partial charge is 0.454 e. The molecule has 0 unspecified atom stereocenters. The van der Waals surface area contributed by atoms with Gasteiger partial charge in [-0.25, -0.2) is 0 Å². The molecule has 0 N–H and O–H groups in total. The van der Waals surface area contributed by atoms with Crippen molar-refractivity contribution in [1.82, 2.24) is 0 Å². The third-order valence-corrected chi connectivity index (χ3v) is 2.51. The molecule has 2 heteroatoms. The van der Waals surface area contributed by atoms with Gasteiger partial charge in [-0.2, -0.15) is 0 Å². The smallest absolute Gasteiger partial charge is 0.231 e. The Bertz CT molecular complexity index is 412. The number of fused-ring (bicyclic) bond motifs is 1. The highest BCUT2D eigenvalue weighted by molar-refractivity contribution is 5.49. The van der Waals surface area contributed by atoms with Crippen LogP contribution in [0, 0.1) is 11.8 Å². The van der Waals surface area contributed by atoms with Gasteiger partial charge >= 0.3 is 0 Å². The first-order valence-corrected chi connectivity index (χ1v) is 5.78. The Morgan fingerprint density at radius 2 is 2.06 bits per heavy atom. The summed E-state index contributed by atoms with van der Waals surface area (Å²) >= 11 is 0. The van der Waals surface area contributed by atoms with Crippen LogP contribution < -0.4 is 9.47 Å². The van der Waals surface area contributed by atoms with Crippen LogP contribution >= 0.6 is 0 Å². The van der Waals surface area contributed by atoms with E-state index in [-0.39, 0.29) is 0 Å². The SMILES string of the molecule is CCCCCC#Cc1ccc2c(c1)OCO2. The Kier molecular flexibility index (Phi) is 3.71. The molecule has 0 saturated carbocycles. The highest BCUT2D eigenvalue weighted by Gasteiger charge is 2.12. The lowest BCUT2D eigenvalue weighted by molar-refractivity contribution is 0.174. The van der Waals surface area contributed by atoms with Crippen LogP contribution in [-0.2, 0) is 0 Å². The molecule has 1 aliphatic heterocycles. The molecule has 2 nitrogen and oxygen atoms in total. The van der Waals surface area contributed by atoms with Crippen LogP contribution in [0.5, 0.6) is 11.5 Å². The van der Waals surface area contributed by atoms with Crippen LogP contribution in [0.3, 0.4) is 0 Å². The summed E-state index contributed by atoms with van der Waals surface area (Å²) in [5, 5.41) is 0. The third-order valence-electron chi connectivity index (χ3n) is 2.51. The second-order valence-corrected chi connectivity index (χ2v) is 3.83. The van der Waals surface area contributed by atoms with Crippen molar-refractivity contribution < 1.29 is 9.47 Å². The van der Waals surface area contributed by atoms with Gasteiger partial charge in [0.05, 0.1) is 0 Å². The van der Waals surface area contributed by atoms with Gasteiger partial charge in [0.15, 0.2) is 11.5 Å². The van der Waals surface area contributed by atoms with E-state index in [0.717, 1.165) is 23.5 Å². The molecule has 0 atom stereocenters. The molecule has 16 heavy (non-hydrogen) atoms. The summed E-state index contributed by atoms with van der Waals surface area (Å²) < 4.78 is 10.5. The molecule has 0 spiro atoms. The molecule has 0 radical (unpaired) electrons. The fourth-order valence-corrected chi connectivity index (χ4v) is 1.60. The lowest BCUT2D eigenvalue weighted by Gasteiger charge is -1.95. The molecular weight excluding hydrogens is 200 g/mol. The number of hydrogen-bond acceptors (Lipinski definition) is 2. The number of hydrogen-bond donors (Lipinski definition) is 0.